The monoisotopic (exact) mass is 429 g/mol. The number of carbonyl (C=O) groups excluding carboxylic acids is 1. The molecule has 32 heavy (non-hydrogen) atoms. The normalized spacial score (nSPS) is 10.6. The van der Waals surface area contributed by atoms with Crippen LogP contribution in [0.1, 0.15) is 17.0 Å². The van der Waals surface area contributed by atoms with Crippen LogP contribution >= 0.6 is 0 Å². The molecule has 2 heterocycles. The van der Waals surface area contributed by atoms with E-state index in [-0.39, 0.29) is 12.3 Å². The van der Waals surface area contributed by atoms with Crippen molar-refractivity contribution in [3.8, 4) is 23.2 Å². The van der Waals surface area contributed by atoms with Crippen LogP contribution in [0.3, 0.4) is 0 Å². The van der Waals surface area contributed by atoms with E-state index in [0.717, 1.165) is 17.0 Å². The summed E-state index contributed by atoms with van der Waals surface area (Å²) in [4.78, 5) is 20.9. The number of rotatable bonds is 7. The van der Waals surface area contributed by atoms with Gasteiger partial charge < -0.3 is 14.8 Å². The molecule has 2 aromatic carbocycles. The molecule has 0 aliphatic carbocycles. The fraction of sp³-hybridized carbons (Fsp3) is 0.167. The Kier molecular flexibility index (Phi) is 6.12. The number of ether oxygens (including phenoxy) is 2. The minimum Gasteiger partial charge on any atom is -0.496 e. The van der Waals surface area contributed by atoms with Crippen molar-refractivity contribution in [1.82, 2.24) is 19.7 Å². The Labute approximate surface area is 185 Å². The van der Waals surface area contributed by atoms with Crippen LogP contribution in [0, 0.1) is 13.8 Å². The maximum absolute atomic E-state index is 12.4. The van der Waals surface area contributed by atoms with Crippen LogP contribution < -0.4 is 14.8 Å². The summed E-state index contributed by atoms with van der Waals surface area (Å²) in [6.45, 7) is 3.89. The quantitative estimate of drug-likeness (QED) is 0.472. The van der Waals surface area contributed by atoms with Crippen LogP contribution in [-0.4, -0.2) is 32.8 Å². The van der Waals surface area contributed by atoms with Gasteiger partial charge in [-0.05, 0) is 50.2 Å². The maximum atomic E-state index is 12.4. The second kappa shape index (κ2) is 9.30. The molecule has 162 valence electrons. The number of carbonyl (C=O) groups is 1. The van der Waals surface area contributed by atoms with Crippen LogP contribution in [-0.2, 0) is 11.2 Å². The van der Waals surface area contributed by atoms with Gasteiger partial charge in [-0.3, -0.25) is 4.79 Å². The number of aryl methyl sites for hydroxylation is 2. The summed E-state index contributed by atoms with van der Waals surface area (Å²) < 4.78 is 12.9. The van der Waals surface area contributed by atoms with Crippen molar-refractivity contribution in [2.45, 2.75) is 20.3 Å². The number of anilines is 1. The third kappa shape index (κ3) is 4.92. The molecule has 0 saturated carbocycles. The first-order chi connectivity index (χ1) is 15.5. The number of para-hydroxylation sites is 1. The predicted molar refractivity (Wildman–Crippen MR) is 120 cm³/mol. The first-order valence-electron chi connectivity index (χ1n) is 10.1. The zero-order chi connectivity index (χ0) is 22.5. The molecule has 0 spiro atoms. The first kappa shape index (κ1) is 21.0. The first-order valence-corrected chi connectivity index (χ1v) is 10.1. The van der Waals surface area contributed by atoms with Crippen molar-refractivity contribution in [2.75, 3.05) is 12.4 Å². The summed E-state index contributed by atoms with van der Waals surface area (Å²) in [5.41, 5.74) is 3.38. The van der Waals surface area contributed by atoms with E-state index in [2.05, 4.69) is 20.4 Å². The molecule has 0 aliphatic heterocycles. The molecule has 0 fully saturated rings. The fourth-order valence-electron chi connectivity index (χ4n) is 3.32. The molecular formula is C24H23N5O3. The smallest absolute Gasteiger partial charge is 0.228 e. The average Bonchev–Trinajstić information content (AvgIpc) is 3.13. The molecule has 0 unspecified atom stereocenters. The van der Waals surface area contributed by atoms with E-state index in [1.165, 1.54) is 6.33 Å². The highest BCUT2D eigenvalue weighted by Crippen LogP contribution is 2.23. The lowest BCUT2D eigenvalue weighted by atomic mass is 10.1. The van der Waals surface area contributed by atoms with Crippen molar-refractivity contribution in [1.29, 1.82) is 0 Å². The third-order valence-electron chi connectivity index (χ3n) is 4.76. The molecule has 0 radical (unpaired) electrons. The van der Waals surface area contributed by atoms with Gasteiger partial charge in [0.15, 0.2) is 5.82 Å². The predicted octanol–water partition coefficient (Wildman–Crippen LogP) is 4.26. The van der Waals surface area contributed by atoms with E-state index in [4.69, 9.17) is 9.47 Å². The summed E-state index contributed by atoms with van der Waals surface area (Å²) in [5.74, 6) is 2.17. The van der Waals surface area contributed by atoms with E-state index in [1.54, 1.807) is 42.1 Å². The Morgan fingerprint density at radius 3 is 2.53 bits per heavy atom. The molecule has 4 rings (SSSR count). The number of benzene rings is 2. The zero-order valence-electron chi connectivity index (χ0n) is 18.1. The Morgan fingerprint density at radius 2 is 1.81 bits per heavy atom. The summed E-state index contributed by atoms with van der Waals surface area (Å²) >= 11 is 0. The number of hydrogen-bond acceptors (Lipinski definition) is 6. The Bertz CT molecular complexity index is 1230. The highest BCUT2D eigenvalue weighted by molar-refractivity contribution is 5.92. The Hall–Kier alpha value is -4.20. The van der Waals surface area contributed by atoms with Crippen LogP contribution in [0.4, 0.5) is 5.69 Å². The summed E-state index contributed by atoms with van der Waals surface area (Å²) in [7, 11) is 1.59. The fourth-order valence-corrected chi connectivity index (χ4v) is 3.32. The maximum Gasteiger partial charge on any atom is 0.228 e. The summed E-state index contributed by atoms with van der Waals surface area (Å²) in [6, 6.07) is 18.2. The SMILES string of the molecule is COc1ccccc1CC(=O)Nc1ccc(Oc2cc(-n3nc(C)cc3C)ncn2)cc1. The number of aromatic nitrogens is 4. The lowest BCUT2D eigenvalue weighted by Crippen LogP contribution is -2.14. The van der Waals surface area contributed by atoms with Gasteiger partial charge in [-0.1, -0.05) is 18.2 Å². The number of nitrogens with zero attached hydrogens (tertiary/aromatic N) is 4. The van der Waals surface area contributed by atoms with Crippen LogP contribution in [0.2, 0.25) is 0 Å². The molecule has 4 aromatic rings. The molecule has 0 saturated heterocycles. The molecule has 0 atom stereocenters. The minimum absolute atomic E-state index is 0.131. The van der Waals surface area contributed by atoms with Crippen LogP contribution in [0.15, 0.2) is 67.0 Å². The molecule has 0 bridgehead atoms. The molecule has 8 nitrogen and oxygen atoms in total. The number of amides is 1. The number of methoxy groups -OCH3 is 1. The molecule has 1 amide bonds. The summed E-state index contributed by atoms with van der Waals surface area (Å²) in [5, 5.41) is 7.32. The van der Waals surface area contributed by atoms with Gasteiger partial charge in [0.05, 0.1) is 19.2 Å². The van der Waals surface area contributed by atoms with Gasteiger partial charge in [-0.2, -0.15) is 5.10 Å². The van der Waals surface area contributed by atoms with Gasteiger partial charge in [0.25, 0.3) is 0 Å². The number of nitrogens with one attached hydrogen (secondary N) is 1. The van der Waals surface area contributed by atoms with Gasteiger partial charge in [-0.25, -0.2) is 14.6 Å². The third-order valence-corrected chi connectivity index (χ3v) is 4.76. The van der Waals surface area contributed by atoms with Crippen molar-refractivity contribution >= 4 is 11.6 Å². The lowest BCUT2D eigenvalue weighted by molar-refractivity contribution is -0.115. The number of hydrogen-bond donors (Lipinski definition) is 1. The van der Waals surface area contributed by atoms with Crippen molar-refractivity contribution < 1.29 is 14.3 Å². The van der Waals surface area contributed by atoms with Gasteiger partial charge >= 0.3 is 0 Å². The topological polar surface area (TPSA) is 91.2 Å². The minimum atomic E-state index is -0.131. The van der Waals surface area contributed by atoms with Gasteiger partial charge in [0.2, 0.25) is 11.8 Å². The standard InChI is InChI=1S/C24H23N5O3/c1-16-12-17(2)29(28-16)22-14-24(26-15-25-22)32-20-10-8-19(9-11-20)27-23(30)13-18-6-4-5-7-21(18)31-3/h4-12,14-15H,13H2,1-3H3,(H,27,30). The van der Waals surface area contributed by atoms with E-state index < -0.39 is 0 Å². The summed E-state index contributed by atoms with van der Waals surface area (Å²) in [6.07, 6.45) is 1.66. The molecule has 1 N–H and O–H groups in total. The van der Waals surface area contributed by atoms with Crippen molar-refractivity contribution in [2.24, 2.45) is 0 Å². The van der Waals surface area contributed by atoms with Crippen molar-refractivity contribution in [3.63, 3.8) is 0 Å². The van der Waals surface area contributed by atoms with E-state index in [0.29, 0.717) is 28.9 Å². The van der Waals surface area contributed by atoms with Gasteiger partial charge in [-0.15, -0.1) is 0 Å². The van der Waals surface area contributed by atoms with Gasteiger partial charge in [0, 0.05) is 23.0 Å². The molecular weight excluding hydrogens is 406 g/mol. The Morgan fingerprint density at radius 1 is 1.03 bits per heavy atom. The molecule has 2 aromatic heterocycles. The highest BCUT2D eigenvalue weighted by atomic mass is 16.5. The van der Waals surface area contributed by atoms with Crippen LogP contribution in [0.25, 0.3) is 5.82 Å². The Balaban J connectivity index is 1.40. The lowest BCUT2D eigenvalue weighted by Gasteiger charge is -2.10. The van der Waals surface area contributed by atoms with Crippen molar-refractivity contribution in [3.05, 3.63) is 83.9 Å². The van der Waals surface area contributed by atoms with E-state index in [9.17, 15) is 4.79 Å². The largest absolute Gasteiger partial charge is 0.496 e. The average molecular weight is 429 g/mol. The molecule has 0 aliphatic rings. The zero-order valence-corrected chi connectivity index (χ0v) is 18.1. The van der Waals surface area contributed by atoms with Gasteiger partial charge in [0.1, 0.15) is 17.8 Å². The second-order valence-corrected chi connectivity index (χ2v) is 7.22. The van der Waals surface area contributed by atoms with E-state index >= 15 is 0 Å². The molecule has 8 heteroatoms. The second-order valence-electron chi connectivity index (χ2n) is 7.22. The highest BCUT2D eigenvalue weighted by Gasteiger charge is 2.10. The van der Waals surface area contributed by atoms with Crippen LogP contribution in [0.5, 0.6) is 17.4 Å². The van der Waals surface area contributed by atoms with E-state index in [1.807, 2.05) is 44.2 Å².